The van der Waals surface area contributed by atoms with Gasteiger partial charge in [-0.3, -0.25) is 0 Å². The van der Waals surface area contributed by atoms with Crippen molar-refractivity contribution in [3.63, 3.8) is 0 Å². The summed E-state index contributed by atoms with van der Waals surface area (Å²) in [5.41, 5.74) is 12.7. The number of aryl methyl sites for hydroxylation is 1. The van der Waals surface area contributed by atoms with Gasteiger partial charge in [-0.15, -0.1) is 0 Å². The Morgan fingerprint density at radius 2 is 0.886 bits per heavy atom. The number of benzene rings is 1. The van der Waals surface area contributed by atoms with Gasteiger partial charge in [0, 0.05) is 0 Å². The van der Waals surface area contributed by atoms with E-state index in [4.69, 9.17) is 11.5 Å². The lowest BCUT2D eigenvalue weighted by Gasteiger charge is -2.29. The van der Waals surface area contributed by atoms with Crippen molar-refractivity contribution in [3.05, 3.63) is 23.8 Å². The molecule has 1 aromatic carbocycles. The van der Waals surface area contributed by atoms with Gasteiger partial charge in [-0.1, -0.05) is 162 Å². The van der Waals surface area contributed by atoms with Gasteiger partial charge in [-0.2, -0.15) is 0 Å². The third kappa shape index (κ3) is 14.2. The Morgan fingerprint density at radius 3 is 1.31 bits per heavy atom. The van der Waals surface area contributed by atoms with Crippen LogP contribution in [0.3, 0.4) is 0 Å². The predicted octanol–water partition coefficient (Wildman–Crippen LogP) is 7.98. The average molecular weight is 519 g/mol. The number of nitrogens with two attached hydrogens (primary N) is 2. The fourth-order valence-electron chi connectivity index (χ4n) is 5.59. The molecule has 0 spiro atoms. The third-order valence-corrected chi connectivity index (χ3v) is 15.3. The molecule has 0 bridgehead atoms. The first kappa shape index (κ1) is 32.6. The Bertz CT molecular complexity index is 657. The minimum absolute atomic E-state index is 0.857. The molecule has 4 heteroatoms. The van der Waals surface area contributed by atoms with Crippen LogP contribution in [0.15, 0.2) is 18.2 Å². The van der Waals surface area contributed by atoms with Gasteiger partial charge in [0.05, 0.1) is 16.1 Å². The summed E-state index contributed by atoms with van der Waals surface area (Å²) in [6.07, 6.45) is 21.9. The van der Waals surface area contributed by atoms with Crippen LogP contribution in [0.25, 0.3) is 0 Å². The molecule has 0 radical (unpaired) electrons. The highest BCUT2D eigenvalue weighted by molar-refractivity contribution is 6.92. The molecule has 0 saturated carbocycles. The summed E-state index contributed by atoms with van der Waals surface area (Å²) in [5.74, 6) is 0. The summed E-state index contributed by atoms with van der Waals surface area (Å²) >= 11 is 0. The molecule has 35 heavy (non-hydrogen) atoms. The number of hydrogen-bond donors (Lipinski definition) is 2. The van der Waals surface area contributed by atoms with E-state index in [2.05, 4.69) is 51.3 Å². The molecule has 0 heterocycles. The fourth-order valence-corrected chi connectivity index (χ4v) is 11.3. The maximum atomic E-state index is 5.60. The van der Waals surface area contributed by atoms with Crippen LogP contribution < -0.4 is 21.8 Å². The summed E-state index contributed by atoms with van der Waals surface area (Å²) < 4.78 is 0. The van der Waals surface area contributed by atoms with E-state index in [1.165, 1.54) is 115 Å². The Balaban J connectivity index is 2.45. The molecule has 0 unspecified atom stereocenters. The quantitative estimate of drug-likeness (QED) is 0.121. The second kappa shape index (κ2) is 18.8. The van der Waals surface area contributed by atoms with Gasteiger partial charge < -0.3 is 11.5 Å². The van der Waals surface area contributed by atoms with Gasteiger partial charge in [-0.25, -0.2) is 0 Å². The molecule has 1 rings (SSSR count). The number of rotatable bonds is 22. The highest BCUT2D eigenvalue weighted by Crippen LogP contribution is 2.21. The van der Waals surface area contributed by atoms with Crippen LogP contribution in [-0.2, 0) is 0 Å². The first-order valence-electron chi connectivity index (χ1n) is 15.3. The minimum Gasteiger partial charge on any atom is -0.330 e. The zero-order chi connectivity index (χ0) is 26.0. The normalized spacial score (nSPS) is 12.4. The molecular formula is C31H62N2Si2. The maximum Gasteiger partial charge on any atom is 0.0809 e. The first-order valence-corrected chi connectivity index (χ1v) is 21.7. The van der Waals surface area contributed by atoms with Crippen molar-refractivity contribution in [1.82, 2.24) is 0 Å². The standard InChI is InChI=1S/C31H62N2Si2/c1-29-22-23-30(34(2,3)26-20-16-12-8-6-10-14-18-24-32)28-31(29)35(4,5)27-21-17-13-9-7-11-15-19-25-33/h22-23,28H,6-21,24-27,32-33H2,1-5H3. The largest absolute Gasteiger partial charge is 0.330 e. The monoisotopic (exact) mass is 518 g/mol. The smallest absolute Gasteiger partial charge is 0.0809 e. The maximum absolute atomic E-state index is 5.60. The highest BCUT2D eigenvalue weighted by Gasteiger charge is 2.28. The van der Waals surface area contributed by atoms with Gasteiger partial charge in [0.15, 0.2) is 0 Å². The Morgan fingerprint density at radius 1 is 0.514 bits per heavy atom. The molecule has 0 aliphatic carbocycles. The summed E-state index contributed by atoms with van der Waals surface area (Å²) in [5, 5.41) is 3.45. The molecule has 0 amide bonds. The zero-order valence-electron chi connectivity index (χ0n) is 24.5. The first-order chi connectivity index (χ1) is 16.7. The van der Waals surface area contributed by atoms with E-state index < -0.39 is 16.1 Å². The zero-order valence-corrected chi connectivity index (χ0v) is 26.5. The Kier molecular flexibility index (Phi) is 17.5. The van der Waals surface area contributed by atoms with Crippen LogP contribution in [0, 0.1) is 6.92 Å². The summed E-state index contributed by atoms with van der Waals surface area (Å²) in [6.45, 7) is 14.5. The SMILES string of the molecule is Cc1ccc([Si](C)(C)CCCCCCCCCCN)cc1[Si](C)(C)CCCCCCCCCCN. The van der Waals surface area contributed by atoms with Crippen molar-refractivity contribution < 1.29 is 0 Å². The molecule has 204 valence electrons. The van der Waals surface area contributed by atoms with Crippen molar-refractivity contribution in [2.24, 2.45) is 11.5 Å². The molecule has 0 aliphatic heterocycles. The van der Waals surface area contributed by atoms with Crippen molar-refractivity contribution >= 4 is 26.5 Å². The minimum atomic E-state index is -1.38. The fraction of sp³-hybridized carbons (Fsp3) is 0.806. The van der Waals surface area contributed by atoms with Crippen LogP contribution in [0.2, 0.25) is 38.3 Å². The van der Waals surface area contributed by atoms with E-state index in [9.17, 15) is 0 Å². The van der Waals surface area contributed by atoms with Crippen molar-refractivity contribution in [3.8, 4) is 0 Å². The molecule has 0 aromatic heterocycles. The lowest BCUT2D eigenvalue weighted by molar-refractivity contribution is 0.577. The third-order valence-electron chi connectivity index (χ3n) is 8.26. The predicted molar refractivity (Wildman–Crippen MR) is 167 cm³/mol. The Hall–Kier alpha value is -0.426. The van der Waals surface area contributed by atoms with Gasteiger partial charge in [-0.05, 0) is 32.9 Å². The molecular weight excluding hydrogens is 457 g/mol. The van der Waals surface area contributed by atoms with E-state index in [-0.39, 0.29) is 0 Å². The van der Waals surface area contributed by atoms with Gasteiger partial charge in [0.1, 0.15) is 0 Å². The van der Waals surface area contributed by atoms with Crippen LogP contribution in [0.4, 0.5) is 0 Å². The van der Waals surface area contributed by atoms with Crippen LogP contribution >= 0.6 is 0 Å². The lowest BCUT2D eigenvalue weighted by Crippen LogP contribution is -2.48. The number of hydrogen-bond acceptors (Lipinski definition) is 2. The number of unbranched alkanes of at least 4 members (excludes halogenated alkanes) is 14. The van der Waals surface area contributed by atoms with Crippen molar-refractivity contribution in [2.75, 3.05) is 13.1 Å². The van der Waals surface area contributed by atoms with E-state index >= 15 is 0 Å². The van der Waals surface area contributed by atoms with Crippen LogP contribution in [0.5, 0.6) is 0 Å². The summed E-state index contributed by atoms with van der Waals surface area (Å²) in [4.78, 5) is 0. The van der Waals surface area contributed by atoms with Crippen LogP contribution in [-0.4, -0.2) is 29.2 Å². The van der Waals surface area contributed by atoms with Crippen LogP contribution in [0.1, 0.15) is 108 Å². The molecule has 0 saturated heterocycles. The average Bonchev–Trinajstić information content (AvgIpc) is 2.82. The highest BCUT2D eigenvalue weighted by atomic mass is 28.3. The molecule has 0 aliphatic rings. The molecule has 0 fully saturated rings. The topological polar surface area (TPSA) is 52.0 Å². The van der Waals surface area contributed by atoms with E-state index in [0.29, 0.717) is 0 Å². The van der Waals surface area contributed by atoms with Gasteiger partial charge >= 0.3 is 0 Å². The molecule has 2 nitrogen and oxygen atoms in total. The van der Waals surface area contributed by atoms with Gasteiger partial charge in [0.2, 0.25) is 0 Å². The Labute approximate surface area is 222 Å². The summed E-state index contributed by atoms with van der Waals surface area (Å²) in [6, 6.07) is 10.5. The van der Waals surface area contributed by atoms with E-state index in [1.54, 1.807) is 15.9 Å². The molecule has 0 atom stereocenters. The van der Waals surface area contributed by atoms with Crippen molar-refractivity contribution in [1.29, 1.82) is 0 Å². The van der Waals surface area contributed by atoms with Crippen molar-refractivity contribution in [2.45, 2.75) is 148 Å². The molecule has 1 aromatic rings. The lowest BCUT2D eigenvalue weighted by atomic mass is 10.1. The van der Waals surface area contributed by atoms with Gasteiger partial charge in [0.25, 0.3) is 0 Å². The molecule has 4 N–H and O–H groups in total. The second-order valence-electron chi connectivity index (χ2n) is 12.5. The summed E-state index contributed by atoms with van der Waals surface area (Å²) in [7, 11) is -2.74. The van der Waals surface area contributed by atoms with E-state index in [1.807, 2.05) is 0 Å². The second-order valence-corrected chi connectivity index (χ2v) is 22.2. The van der Waals surface area contributed by atoms with E-state index in [0.717, 1.165) is 13.1 Å².